The van der Waals surface area contributed by atoms with Gasteiger partial charge in [-0.2, -0.15) is 0 Å². The topological polar surface area (TPSA) is 175 Å². The van der Waals surface area contributed by atoms with E-state index in [1.165, 1.54) is 18.9 Å². The molecule has 3 aliphatic carbocycles. The number of aryl methyl sites for hydroxylation is 1. The molecule has 1 amide bonds. The number of benzene rings is 2. The molecule has 0 spiro atoms. The predicted molar refractivity (Wildman–Crippen MR) is 252 cm³/mol. The number of ether oxygens (including phenoxy) is 9. The van der Waals surface area contributed by atoms with E-state index in [-0.39, 0.29) is 24.5 Å². The van der Waals surface area contributed by atoms with Crippen molar-refractivity contribution in [3.05, 3.63) is 89.0 Å². The van der Waals surface area contributed by atoms with Gasteiger partial charge < -0.3 is 47.7 Å². The summed E-state index contributed by atoms with van der Waals surface area (Å²) in [6.45, 7) is 25.9. The number of rotatable bonds is 11. The van der Waals surface area contributed by atoms with Gasteiger partial charge in [-0.25, -0.2) is 14.4 Å². The highest BCUT2D eigenvalue weighted by atomic mass is 16.7. The largest absolute Gasteiger partial charge is 0.496 e. The molecular weight excluding hydrogens is 887 g/mol. The molecule has 15 heteroatoms. The number of esters is 3. The SMILES string of the molecule is C=CC1OC2C(C)C3=C(C)[C@@H](OC(=O)[C@@H]4OC(c5ccc(C)cc5OC)N(C(=O)OC(C)(C)C)[C@H]4CC(C)C)C[C@@]3(C(C)(C)O)[C@@H](OC(=O)c3ccccc3)[C@@H]3[C@]4(OC(C)=O)CO[C@@H]4C[C@H](O1)[C@@]23C. The molecule has 6 aliphatic rings. The van der Waals surface area contributed by atoms with Gasteiger partial charge in [0.05, 0.1) is 54.5 Å². The molecule has 2 aromatic rings. The summed E-state index contributed by atoms with van der Waals surface area (Å²) >= 11 is 0. The molecule has 0 radical (unpaired) electrons. The molecule has 1 N–H and O–H groups in total. The first-order chi connectivity index (χ1) is 32.3. The standard InChI is InChI=1S/C54H71NO14/c1-15-40-64-38-25-39-54(27-62-39,68-32(7)56)43-45(67-47(57)33-19-17-16-18-20-33)53(51(11,12)60)26-37(30(5)41(53)31(6)44(65-40)52(38,43)13)63-48(58)42-35(23-28(2)3)55(49(59)69-50(8,9)10)46(66-42)34-22-21-29(4)24-36(34)61-14/h15-22,24,28,31,35,37-40,42-46,60H,1,23,25-27H2,2-14H3/t31?,35-,37-,38-,39+,40?,42+,43-,44?,45-,46?,52+,53-,54-/m0/s1. The van der Waals surface area contributed by atoms with Gasteiger partial charge in [0.15, 0.2) is 24.2 Å². The molecule has 3 aliphatic heterocycles. The molecule has 4 unspecified atom stereocenters. The fraction of sp³-hybridized carbons (Fsp3) is 0.630. The Morgan fingerprint density at radius 1 is 0.986 bits per heavy atom. The molecule has 3 saturated heterocycles. The minimum atomic E-state index is -1.71. The summed E-state index contributed by atoms with van der Waals surface area (Å²) in [6, 6.07) is 13.3. The van der Waals surface area contributed by atoms with E-state index >= 15 is 4.79 Å². The third kappa shape index (κ3) is 8.37. The summed E-state index contributed by atoms with van der Waals surface area (Å²) in [7, 11) is 1.54. The van der Waals surface area contributed by atoms with Crippen LogP contribution in [0.25, 0.3) is 0 Å². The summed E-state index contributed by atoms with van der Waals surface area (Å²) < 4.78 is 58.6. The van der Waals surface area contributed by atoms with Crippen molar-refractivity contribution in [3.63, 3.8) is 0 Å². The number of amides is 1. The van der Waals surface area contributed by atoms with Crippen molar-refractivity contribution in [3.8, 4) is 5.75 Å². The van der Waals surface area contributed by atoms with Crippen LogP contribution in [0, 0.1) is 35.5 Å². The summed E-state index contributed by atoms with van der Waals surface area (Å²) in [6.07, 6.45) is -5.83. The molecular formula is C54H71NO14. The first-order valence-electron chi connectivity index (χ1n) is 24.3. The van der Waals surface area contributed by atoms with Crippen LogP contribution in [-0.4, -0.2) is 113 Å². The molecule has 0 aromatic heterocycles. The minimum absolute atomic E-state index is 0.00447. The van der Waals surface area contributed by atoms with E-state index in [1.54, 1.807) is 71.0 Å². The van der Waals surface area contributed by atoms with Crippen molar-refractivity contribution in [1.29, 1.82) is 0 Å². The summed E-state index contributed by atoms with van der Waals surface area (Å²) in [5.41, 5.74) is -3.45. The van der Waals surface area contributed by atoms with Crippen molar-refractivity contribution >= 4 is 24.0 Å². The van der Waals surface area contributed by atoms with Crippen LogP contribution in [0.4, 0.5) is 4.79 Å². The van der Waals surface area contributed by atoms with Gasteiger partial charge in [-0.1, -0.05) is 64.6 Å². The quantitative estimate of drug-likeness (QED) is 0.129. The normalized spacial score (nSPS) is 36.0. The second-order valence-electron chi connectivity index (χ2n) is 22.2. The first-order valence-corrected chi connectivity index (χ1v) is 24.3. The van der Waals surface area contributed by atoms with E-state index in [9.17, 15) is 19.5 Å². The van der Waals surface area contributed by atoms with Gasteiger partial charge in [-0.3, -0.25) is 9.69 Å². The zero-order chi connectivity index (χ0) is 50.3. The zero-order valence-electron chi connectivity index (χ0n) is 42.4. The Morgan fingerprint density at radius 3 is 2.26 bits per heavy atom. The number of carbonyl (C=O) groups excluding carboxylic acids is 4. The van der Waals surface area contributed by atoms with Crippen LogP contribution in [0.1, 0.15) is 123 Å². The molecule has 8 rings (SSSR count). The highest BCUT2D eigenvalue weighted by Crippen LogP contribution is 2.70. The lowest BCUT2D eigenvalue weighted by Gasteiger charge is -2.67. The molecule has 376 valence electrons. The molecule has 69 heavy (non-hydrogen) atoms. The van der Waals surface area contributed by atoms with Gasteiger partial charge in [0.2, 0.25) is 0 Å². The van der Waals surface area contributed by atoms with E-state index < -0.39 is 119 Å². The lowest BCUT2D eigenvalue weighted by molar-refractivity contribution is -0.391. The fourth-order valence-corrected chi connectivity index (χ4v) is 13.0. The third-order valence-electron chi connectivity index (χ3n) is 15.7. The zero-order valence-corrected chi connectivity index (χ0v) is 42.4. The summed E-state index contributed by atoms with van der Waals surface area (Å²) in [5.74, 6) is -2.92. The summed E-state index contributed by atoms with van der Waals surface area (Å²) in [4.78, 5) is 59.3. The second kappa shape index (κ2) is 18.1. The van der Waals surface area contributed by atoms with E-state index in [4.69, 9.17) is 42.6 Å². The van der Waals surface area contributed by atoms with Crippen LogP contribution in [0.3, 0.4) is 0 Å². The molecule has 14 atom stereocenters. The van der Waals surface area contributed by atoms with Crippen molar-refractivity contribution in [2.45, 2.75) is 174 Å². The number of carbonyl (C=O) groups is 4. The number of methoxy groups -OCH3 is 1. The summed E-state index contributed by atoms with van der Waals surface area (Å²) in [5, 5.41) is 13.1. The second-order valence-corrected chi connectivity index (χ2v) is 22.2. The van der Waals surface area contributed by atoms with Crippen LogP contribution >= 0.6 is 0 Å². The van der Waals surface area contributed by atoms with Crippen LogP contribution in [0.15, 0.2) is 72.3 Å². The van der Waals surface area contributed by atoms with Crippen molar-refractivity contribution in [2.24, 2.45) is 28.6 Å². The van der Waals surface area contributed by atoms with Gasteiger partial charge in [0, 0.05) is 36.7 Å². The number of hydrogen-bond acceptors (Lipinski definition) is 14. The van der Waals surface area contributed by atoms with E-state index in [1.807, 2.05) is 59.7 Å². The van der Waals surface area contributed by atoms with Gasteiger partial charge in [0.25, 0.3) is 0 Å². The highest BCUT2D eigenvalue weighted by molar-refractivity contribution is 5.89. The average Bonchev–Trinajstić information content (AvgIpc) is 3.76. The number of nitrogens with zero attached hydrogens (tertiary/aromatic N) is 1. The van der Waals surface area contributed by atoms with E-state index in [0.29, 0.717) is 35.3 Å². The molecule has 3 heterocycles. The molecule has 5 fully saturated rings. The maximum atomic E-state index is 15.3. The lowest BCUT2D eigenvalue weighted by Crippen LogP contribution is -2.80. The average molecular weight is 958 g/mol. The Labute approximate surface area is 406 Å². The van der Waals surface area contributed by atoms with Crippen molar-refractivity contribution in [1.82, 2.24) is 4.90 Å². The van der Waals surface area contributed by atoms with E-state index in [0.717, 1.165) is 5.56 Å². The fourth-order valence-electron chi connectivity index (χ4n) is 13.0. The van der Waals surface area contributed by atoms with Gasteiger partial charge in [-0.15, -0.1) is 0 Å². The number of aliphatic hydroxyl groups is 1. The highest BCUT2D eigenvalue weighted by Gasteiger charge is 2.80. The molecule has 15 nitrogen and oxygen atoms in total. The van der Waals surface area contributed by atoms with Crippen LogP contribution in [-0.2, 0) is 47.5 Å². The van der Waals surface area contributed by atoms with Crippen molar-refractivity contribution < 1.29 is 66.9 Å². The lowest BCUT2D eigenvalue weighted by atomic mass is 9.49. The Hall–Kier alpha value is -4.80. The van der Waals surface area contributed by atoms with Crippen LogP contribution in [0.2, 0.25) is 0 Å². The smallest absolute Gasteiger partial charge is 0.413 e. The number of hydrogen-bond donors (Lipinski definition) is 1. The monoisotopic (exact) mass is 957 g/mol. The number of fused-ring (bicyclic) bond motifs is 3. The van der Waals surface area contributed by atoms with E-state index in [2.05, 4.69) is 6.58 Å². The first kappa shape index (κ1) is 50.6. The molecule has 2 aromatic carbocycles. The third-order valence-corrected chi connectivity index (χ3v) is 15.7. The molecule has 2 saturated carbocycles. The van der Waals surface area contributed by atoms with Gasteiger partial charge >= 0.3 is 24.0 Å². The van der Waals surface area contributed by atoms with Crippen LogP contribution in [0.5, 0.6) is 5.75 Å². The van der Waals surface area contributed by atoms with Gasteiger partial charge in [-0.05, 0) is 102 Å². The van der Waals surface area contributed by atoms with Crippen molar-refractivity contribution in [2.75, 3.05) is 13.7 Å². The maximum absolute atomic E-state index is 15.3. The Balaban J connectivity index is 1.28. The maximum Gasteiger partial charge on any atom is 0.413 e. The Kier molecular flexibility index (Phi) is 13.3. The Bertz CT molecular complexity index is 2370. The molecule has 0 bridgehead atoms. The minimum Gasteiger partial charge on any atom is -0.496 e. The van der Waals surface area contributed by atoms with Crippen LogP contribution < -0.4 is 4.74 Å². The van der Waals surface area contributed by atoms with Gasteiger partial charge in [0.1, 0.15) is 29.7 Å². The predicted octanol–water partition coefficient (Wildman–Crippen LogP) is 8.34. The Morgan fingerprint density at radius 2 is 1.68 bits per heavy atom.